The van der Waals surface area contributed by atoms with E-state index in [-0.39, 0.29) is 11.8 Å². The van der Waals surface area contributed by atoms with Crippen molar-refractivity contribution in [3.05, 3.63) is 164 Å². The number of amides is 2. The van der Waals surface area contributed by atoms with E-state index >= 15 is 9.59 Å². The van der Waals surface area contributed by atoms with Gasteiger partial charge in [-0.1, -0.05) is 36.4 Å². The van der Waals surface area contributed by atoms with Gasteiger partial charge in [-0.3, -0.25) is 9.59 Å². The van der Waals surface area contributed by atoms with E-state index in [1.807, 2.05) is 144 Å². The van der Waals surface area contributed by atoms with E-state index in [9.17, 15) is 0 Å². The van der Waals surface area contributed by atoms with Gasteiger partial charge in [0.15, 0.2) is 0 Å². The molecule has 616 valence electrons. The number of ether oxygens (including phenoxy) is 2. The molecule has 0 unspecified atom stereocenters. The maximum absolute atomic E-state index is 15.8. The Labute approximate surface area is 676 Å². The number of hydrogen-bond acceptors (Lipinski definition) is 22. The molecule has 28 heteroatoms. The van der Waals surface area contributed by atoms with Crippen molar-refractivity contribution >= 4 is 82.2 Å². The van der Waals surface area contributed by atoms with Crippen LogP contribution >= 0.6 is 0 Å². The van der Waals surface area contributed by atoms with Crippen LogP contribution < -0.4 is 29.1 Å². The number of hydrogen-bond donors (Lipinski definition) is 0. The molecule has 0 fully saturated rings. The molecule has 2 spiro atoms. The second kappa shape index (κ2) is 39.2. The number of benzene rings is 6. The van der Waals surface area contributed by atoms with Gasteiger partial charge in [-0.15, -0.1) is 0 Å². The average molecular weight is 1630 g/mol. The molecule has 2 amide bonds. The number of fused-ring (bicyclic) bond motifs is 12. The van der Waals surface area contributed by atoms with Crippen LogP contribution in [0.3, 0.4) is 0 Å². The fourth-order valence-corrected chi connectivity index (χ4v) is 27.6. The molecule has 113 heavy (non-hydrogen) atoms. The molecule has 0 N–H and O–H groups in total. The summed E-state index contributed by atoms with van der Waals surface area (Å²) in [5, 5.41) is 14.0. The molecule has 0 saturated carbocycles. The molecular weight excluding hydrogens is 1500 g/mol. The smallest absolute Gasteiger partial charge is 0.456 e. The summed E-state index contributed by atoms with van der Waals surface area (Å²) in [6.07, 6.45) is 6.68. The van der Waals surface area contributed by atoms with E-state index in [0.717, 1.165) is 78.4 Å². The van der Waals surface area contributed by atoms with Crippen LogP contribution in [-0.2, 0) is 64.2 Å². The second-order valence-corrected chi connectivity index (χ2v) is 38.2. The van der Waals surface area contributed by atoms with Gasteiger partial charge in [0, 0.05) is 209 Å². The fraction of sp³-hybridized carbons (Fsp3) is 0.529. The maximum atomic E-state index is 15.8. The summed E-state index contributed by atoms with van der Waals surface area (Å²) in [5.41, 5.74) is 10.4. The monoisotopic (exact) mass is 1620 g/mol. The first kappa shape index (κ1) is 88.2. The van der Waals surface area contributed by atoms with Gasteiger partial charge in [-0.2, -0.15) is 10.2 Å². The molecule has 4 heterocycles. The summed E-state index contributed by atoms with van der Waals surface area (Å²) in [6, 6.07) is 32.7. The minimum atomic E-state index is -3.24. The number of aryl methyl sites for hydroxylation is 4. The van der Waals surface area contributed by atoms with Crippen LogP contribution in [-0.4, -0.2) is 200 Å². The lowest BCUT2D eigenvalue weighted by molar-refractivity contribution is 0.0667. The van der Waals surface area contributed by atoms with E-state index in [1.54, 1.807) is 10.0 Å². The van der Waals surface area contributed by atoms with Gasteiger partial charge in [0.25, 0.3) is 11.8 Å². The minimum absolute atomic E-state index is 0.259. The molecular formula is C85H124N8O16Si4. The van der Waals surface area contributed by atoms with Gasteiger partial charge in [0.05, 0.1) is 24.7 Å². The van der Waals surface area contributed by atoms with Crippen LogP contribution in [0.15, 0.2) is 107 Å². The Morgan fingerprint density at radius 3 is 0.770 bits per heavy atom. The number of nitrogens with zero attached hydrogens (tertiary/aromatic N) is 8. The van der Waals surface area contributed by atoms with E-state index in [0.29, 0.717) is 184 Å². The summed E-state index contributed by atoms with van der Waals surface area (Å²) in [4.78, 5) is 40.5. The van der Waals surface area contributed by atoms with Crippen LogP contribution in [0.4, 0.5) is 22.7 Å². The predicted molar refractivity (Wildman–Crippen MR) is 455 cm³/mol. The molecule has 0 saturated heterocycles. The van der Waals surface area contributed by atoms with Crippen LogP contribution in [0.1, 0.15) is 206 Å². The van der Waals surface area contributed by atoms with E-state index in [2.05, 4.69) is 124 Å². The fourth-order valence-electron chi connectivity index (χ4n) is 16.8. The molecule has 0 atom stereocenters. The van der Waals surface area contributed by atoms with Crippen molar-refractivity contribution in [2.24, 2.45) is 10.2 Å². The number of hydrazone groups is 2. The quantitative estimate of drug-likeness (QED) is 0.0198. The minimum Gasteiger partial charge on any atom is -0.456 e. The Morgan fingerprint density at radius 2 is 0.558 bits per heavy atom. The third-order valence-electron chi connectivity index (χ3n) is 21.2. The first-order chi connectivity index (χ1) is 54.6. The van der Waals surface area contributed by atoms with Crippen molar-refractivity contribution in [2.45, 2.75) is 169 Å². The van der Waals surface area contributed by atoms with Gasteiger partial charge in [0.1, 0.15) is 34.1 Å². The predicted octanol–water partition coefficient (Wildman–Crippen LogP) is 16.1. The highest BCUT2D eigenvalue weighted by Gasteiger charge is 2.60. The third-order valence-corrected chi connectivity index (χ3v) is 33.0. The topological polar surface area (TPSA) is 208 Å². The standard InChI is InChI=1S/C85H124N8O16Si4/c1-21-88(58-110(96-25-5,97-26-6)98-27-7)74-54-78-70(50-62(74)17)84(71-51-63(18)75(55-79(71)108-78)89(22-2)59-111(99-28-8,100-29-9)101-30-10)68-46-40-38-44-66(68)82(94)92(84)86-48-42-37-43-49-87-93-83(95)67-45-39-41-47-69(67)85(93)72-52-64(19)76(90(23-3)60-112(102-31-11,103-32-12)104-33-13)56-80(72)109-81-57-77(65(20)53-73(81)85)91(24-4)61-113(105-34-14,106-35-15)107-36-16/h38-41,44-57H,21-37,42-43,58-61H2,1-20H3/b86-48+,87-49+. The lowest BCUT2D eigenvalue weighted by Crippen LogP contribution is -2.56. The molecule has 4 aliphatic rings. The largest absolute Gasteiger partial charge is 0.521 e. The summed E-state index contributed by atoms with van der Waals surface area (Å²) >= 11 is 0. The van der Waals surface area contributed by atoms with E-state index in [4.69, 9.17) is 72.8 Å². The maximum Gasteiger partial charge on any atom is 0.521 e. The molecule has 10 rings (SSSR count). The van der Waals surface area contributed by atoms with Gasteiger partial charge in [-0.05, 0) is 216 Å². The van der Waals surface area contributed by atoms with Crippen molar-refractivity contribution in [3.8, 4) is 23.0 Å². The van der Waals surface area contributed by atoms with Gasteiger partial charge < -0.3 is 82.2 Å². The van der Waals surface area contributed by atoms with Crippen LogP contribution in [0.5, 0.6) is 23.0 Å². The van der Waals surface area contributed by atoms with Crippen molar-refractivity contribution in [1.82, 2.24) is 10.0 Å². The van der Waals surface area contributed by atoms with Gasteiger partial charge in [-0.25, -0.2) is 10.0 Å². The lowest BCUT2D eigenvalue weighted by atomic mass is 9.74. The average Bonchev–Trinajstić information content (AvgIpc) is 1.61. The Morgan fingerprint density at radius 1 is 0.336 bits per heavy atom. The highest BCUT2D eigenvalue weighted by molar-refractivity contribution is 6.63. The van der Waals surface area contributed by atoms with Crippen LogP contribution in [0.25, 0.3) is 0 Å². The number of carbonyl (C=O) groups is 2. The SMILES string of the molecule is CCO[Si](CN(CC)c1cc2c(cc1C)C1(c3cc(C)c(N(CC)C[Si](OCC)(OCC)OCC)cc3O2)c2ccccc2C(=O)N1/N=C/CCC/C=N/N1C(=O)c2ccccc2C12c1cc(C)c(N(CC)C[Si](OCC)(OCC)OCC)cc1Oc1cc(N(CC)C[Si](OCC)(OCC)OCC)c(C)cc12)(OCC)OCC. The number of rotatable bonds is 46. The summed E-state index contributed by atoms with van der Waals surface area (Å²) in [6.45, 7) is 48.1. The summed E-state index contributed by atoms with van der Waals surface area (Å²) < 4.78 is 92.3. The molecule has 0 aromatic heterocycles. The summed E-state index contributed by atoms with van der Waals surface area (Å²) in [7, 11) is -13.0. The first-order valence-electron chi connectivity index (χ1n) is 41.2. The van der Waals surface area contributed by atoms with Crippen molar-refractivity contribution < 1.29 is 72.2 Å². The zero-order valence-corrected chi connectivity index (χ0v) is 74.8. The van der Waals surface area contributed by atoms with Crippen LogP contribution in [0.2, 0.25) is 0 Å². The Balaban J connectivity index is 1.08. The molecule has 0 radical (unpaired) electrons. The molecule has 0 bridgehead atoms. The van der Waals surface area contributed by atoms with Gasteiger partial charge >= 0.3 is 35.2 Å². The van der Waals surface area contributed by atoms with Crippen molar-refractivity contribution in [2.75, 3.05) is 150 Å². The van der Waals surface area contributed by atoms with Crippen LogP contribution in [0, 0.1) is 27.7 Å². The molecule has 0 aliphatic carbocycles. The second-order valence-electron chi connectivity index (χ2n) is 28.0. The molecule has 24 nitrogen and oxygen atoms in total. The van der Waals surface area contributed by atoms with Crippen molar-refractivity contribution in [3.63, 3.8) is 0 Å². The Kier molecular flexibility index (Phi) is 30.5. The lowest BCUT2D eigenvalue weighted by Gasteiger charge is -2.43. The highest BCUT2D eigenvalue weighted by atomic mass is 28.4. The van der Waals surface area contributed by atoms with Crippen molar-refractivity contribution in [1.29, 1.82) is 0 Å². The zero-order chi connectivity index (χ0) is 81.5. The Hall–Kier alpha value is -7.21. The number of carbonyl (C=O) groups excluding carboxylic acids is 2. The molecule has 6 aromatic rings. The third kappa shape index (κ3) is 17.3. The number of anilines is 4. The van der Waals surface area contributed by atoms with E-state index in [1.165, 1.54) is 0 Å². The molecule has 6 aromatic carbocycles. The normalized spacial score (nSPS) is 14.8. The Bertz CT molecular complexity index is 3790. The number of unbranched alkanes of at least 4 members (excludes halogenated alkanes) is 2. The van der Waals surface area contributed by atoms with E-state index < -0.39 is 46.3 Å². The zero-order valence-electron chi connectivity index (χ0n) is 70.8. The summed E-state index contributed by atoms with van der Waals surface area (Å²) in [5.74, 6) is 1.73. The highest BCUT2D eigenvalue weighted by Crippen LogP contribution is 2.62. The molecule has 4 aliphatic heterocycles. The first-order valence-corrected chi connectivity index (χ1v) is 48.9. The van der Waals surface area contributed by atoms with Gasteiger partial charge in [0.2, 0.25) is 0 Å².